The van der Waals surface area contributed by atoms with Gasteiger partial charge in [-0.25, -0.2) is 0 Å². The fraction of sp³-hybridized carbons (Fsp3) is 0.833. The molecule has 3 aliphatic rings. The molecule has 0 spiro atoms. The zero-order chi connectivity index (χ0) is 18.7. The van der Waals surface area contributed by atoms with Gasteiger partial charge in [0.05, 0.1) is 11.8 Å². The van der Waals surface area contributed by atoms with Crippen LogP contribution in [0, 0.1) is 23.7 Å². The quantitative estimate of drug-likeness (QED) is 0.276. The van der Waals surface area contributed by atoms with Gasteiger partial charge in [0.15, 0.2) is 0 Å². The maximum Gasteiger partial charge on any atom is 0.322 e. The third-order valence-corrected chi connectivity index (χ3v) is 6.76. The molecule has 6 nitrogen and oxygen atoms in total. The highest BCUT2D eigenvalue weighted by Gasteiger charge is 2.70. The van der Waals surface area contributed by atoms with Gasteiger partial charge in [0, 0.05) is 11.8 Å². The number of hydrogen-bond donors (Lipinski definition) is 0. The van der Waals surface area contributed by atoms with Crippen LogP contribution in [0.15, 0.2) is 0 Å². The summed E-state index contributed by atoms with van der Waals surface area (Å²) in [6.45, 7) is 9.14. The lowest BCUT2D eigenvalue weighted by atomic mass is 9.78. The van der Waals surface area contributed by atoms with E-state index in [9.17, 15) is 14.4 Å². The van der Waals surface area contributed by atoms with E-state index in [-0.39, 0.29) is 23.8 Å². The SMILES string of the molecule is CCC(C)(I)C(=O)OC1C2CC3C1OC(=O)C3C2C(=O)OC(C)(C)C. The van der Waals surface area contributed by atoms with E-state index in [4.69, 9.17) is 14.2 Å². The normalized spacial score (nSPS) is 38.2. The Bertz CT molecular complexity index is 607. The summed E-state index contributed by atoms with van der Waals surface area (Å²) in [7, 11) is 0. The van der Waals surface area contributed by atoms with Crippen molar-refractivity contribution in [3.8, 4) is 0 Å². The number of alkyl halides is 1. The van der Waals surface area contributed by atoms with Crippen LogP contribution >= 0.6 is 22.6 Å². The number of hydrogen-bond acceptors (Lipinski definition) is 6. The lowest BCUT2D eigenvalue weighted by molar-refractivity contribution is -0.172. The van der Waals surface area contributed by atoms with Crippen molar-refractivity contribution in [3.63, 3.8) is 0 Å². The molecule has 25 heavy (non-hydrogen) atoms. The van der Waals surface area contributed by atoms with Crippen LogP contribution in [0.5, 0.6) is 0 Å². The molecule has 1 heterocycles. The van der Waals surface area contributed by atoms with Crippen LogP contribution in [-0.2, 0) is 28.6 Å². The van der Waals surface area contributed by atoms with Crippen LogP contribution in [0.4, 0.5) is 0 Å². The molecule has 0 N–H and O–H groups in total. The Morgan fingerprint density at radius 3 is 2.44 bits per heavy atom. The molecule has 1 aliphatic heterocycles. The van der Waals surface area contributed by atoms with Crippen LogP contribution in [0.1, 0.15) is 47.5 Å². The van der Waals surface area contributed by atoms with E-state index in [0.29, 0.717) is 12.8 Å². The van der Waals surface area contributed by atoms with Gasteiger partial charge in [-0.05, 0) is 40.5 Å². The molecule has 3 rings (SSSR count). The molecule has 2 bridgehead atoms. The van der Waals surface area contributed by atoms with Gasteiger partial charge in [-0.1, -0.05) is 29.5 Å². The fourth-order valence-electron chi connectivity index (χ4n) is 4.23. The Morgan fingerprint density at radius 2 is 1.88 bits per heavy atom. The van der Waals surface area contributed by atoms with Crippen LogP contribution in [0.2, 0.25) is 0 Å². The van der Waals surface area contributed by atoms with Gasteiger partial charge in [-0.2, -0.15) is 0 Å². The lowest BCUT2D eigenvalue weighted by Crippen LogP contribution is -2.46. The van der Waals surface area contributed by atoms with Crippen LogP contribution in [-0.4, -0.2) is 39.1 Å². The van der Waals surface area contributed by atoms with Crippen molar-refractivity contribution in [2.45, 2.75) is 68.7 Å². The van der Waals surface area contributed by atoms with Crippen LogP contribution in [0.25, 0.3) is 0 Å². The molecule has 0 amide bonds. The highest BCUT2D eigenvalue weighted by atomic mass is 127. The van der Waals surface area contributed by atoms with E-state index in [1.807, 2.05) is 13.8 Å². The van der Waals surface area contributed by atoms with E-state index < -0.39 is 39.0 Å². The predicted molar refractivity (Wildman–Crippen MR) is 96.9 cm³/mol. The number of ether oxygens (including phenoxy) is 3. The van der Waals surface area contributed by atoms with Crippen molar-refractivity contribution in [2.75, 3.05) is 0 Å². The molecular formula is C18H25IO6. The molecule has 2 aliphatic carbocycles. The molecule has 7 atom stereocenters. The van der Waals surface area contributed by atoms with Crippen molar-refractivity contribution < 1.29 is 28.6 Å². The number of rotatable bonds is 4. The van der Waals surface area contributed by atoms with Gasteiger partial charge in [0.1, 0.15) is 21.2 Å². The van der Waals surface area contributed by atoms with Gasteiger partial charge in [-0.15, -0.1) is 0 Å². The highest BCUT2D eigenvalue weighted by molar-refractivity contribution is 14.1. The molecule has 0 aromatic rings. The van der Waals surface area contributed by atoms with Crippen molar-refractivity contribution in [2.24, 2.45) is 23.7 Å². The van der Waals surface area contributed by atoms with Crippen LogP contribution < -0.4 is 0 Å². The number of fused-ring (bicyclic) bond motifs is 1. The van der Waals surface area contributed by atoms with Gasteiger partial charge in [-0.3, -0.25) is 14.4 Å². The number of esters is 3. The second kappa shape index (κ2) is 6.09. The Kier molecular flexibility index (Phi) is 4.61. The summed E-state index contributed by atoms with van der Waals surface area (Å²) in [6, 6.07) is 0. The zero-order valence-electron chi connectivity index (χ0n) is 15.2. The summed E-state index contributed by atoms with van der Waals surface area (Å²) in [6.07, 6.45) is 0.315. The molecular weight excluding hydrogens is 439 g/mol. The van der Waals surface area contributed by atoms with Crippen molar-refractivity contribution in [3.05, 3.63) is 0 Å². The first-order chi connectivity index (χ1) is 11.5. The molecule has 1 saturated heterocycles. The maximum atomic E-state index is 12.7. The second-order valence-corrected chi connectivity index (χ2v) is 10.9. The summed E-state index contributed by atoms with van der Waals surface area (Å²) < 4.78 is 16.1. The number of halogens is 1. The van der Waals surface area contributed by atoms with E-state index in [2.05, 4.69) is 22.6 Å². The fourth-order valence-corrected chi connectivity index (χ4v) is 4.36. The minimum absolute atomic E-state index is 0.0603. The first-order valence-electron chi connectivity index (χ1n) is 8.79. The third kappa shape index (κ3) is 3.17. The summed E-state index contributed by atoms with van der Waals surface area (Å²) in [5.74, 6) is -2.40. The molecule has 0 aromatic carbocycles. The average molecular weight is 464 g/mol. The lowest BCUT2D eigenvalue weighted by Gasteiger charge is -2.33. The summed E-state index contributed by atoms with van der Waals surface area (Å²) in [5, 5.41) is 0. The molecule has 7 unspecified atom stereocenters. The minimum Gasteiger partial charge on any atom is -0.460 e. The Hall–Kier alpha value is -0.860. The van der Waals surface area contributed by atoms with E-state index in [0.717, 1.165) is 0 Å². The first-order valence-corrected chi connectivity index (χ1v) is 9.87. The molecule has 2 saturated carbocycles. The second-order valence-electron chi connectivity index (χ2n) is 8.47. The first kappa shape index (κ1) is 18.9. The summed E-state index contributed by atoms with van der Waals surface area (Å²) in [4.78, 5) is 37.5. The molecule has 140 valence electrons. The molecule has 7 heteroatoms. The third-order valence-electron chi connectivity index (χ3n) is 5.56. The number of carbonyl (C=O) groups is 3. The Balaban J connectivity index is 1.83. The summed E-state index contributed by atoms with van der Waals surface area (Å²) in [5.41, 5.74) is -0.629. The monoisotopic (exact) mass is 464 g/mol. The smallest absolute Gasteiger partial charge is 0.322 e. The average Bonchev–Trinajstić information content (AvgIpc) is 3.08. The predicted octanol–water partition coefficient (Wildman–Crippen LogP) is 2.65. The van der Waals surface area contributed by atoms with Gasteiger partial charge in [0.2, 0.25) is 0 Å². The van der Waals surface area contributed by atoms with Gasteiger partial charge >= 0.3 is 17.9 Å². The number of carbonyl (C=O) groups excluding carboxylic acids is 3. The minimum atomic E-state index is -0.636. The summed E-state index contributed by atoms with van der Waals surface area (Å²) >= 11 is 2.08. The van der Waals surface area contributed by atoms with Crippen molar-refractivity contribution in [1.82, 2.24) is 0 Å². The molecule has 3 fully saturated rings. The standard InChI is InChI=1S/C18H25IO6/c1-6-18(5,19)16(22)24-13-9-7-8-10(14(20)23-12(8)13)11(9)15(21)25-17(2,3)4/h8-13H,6-7H2,1-5H3. The Labute approximate surface area is 161 Å². The van der Waals surface area contributed by atoms with Crippen molar-refractivity contribution in [1.29, 1.82) is 0 Å². The van der Waals surface area contributed by atoms with E-state index >= 15 is 0 Å². The van der Waals surface area contributed by atoms with E-state index in [1.54, 1.807) is 20.8 Å². The molecule has 0 aromatic heterocycles. The van der Waals surface area contributed by atoms with Crippen LogP contribution in [0.3, 0.4) is 0 Å². The largest absolute Gasteiger partial charge is 0.460 e. The zero-order valence-corrected chi connectivity index (χ0v) is 17.4. The highest BCUT2D eigenvalue weighted by Crippen LogP contribution is 2.59. The van der Waals surface area contributed by atoms with Gasteiger partial charge < -0.3 is 14.2 Å². The Morgan fingerprint density at radius 1 is 1.24 bits per heavy atom. The topological polar surface area (TPSA) is 78.9 Å². The van der Waals surface area contributed by atoms with Crippen molar-refractivity contribution >= 4 is 40.5 Å². The molecule has 0 radical (unpaired) electrons. The van der Waals surface area contributed by atoms with Gasteiger partial charge in [0.25, 0.3) is 0 Å². The van der Waals surface area contributed by atoms with E-state index in [1.165, 1.54) is 0 Å². The maximum absolute atomic E-state index is 12.7.